The van der Waals surface area contributed by atoms with Crippen LogP contribution in [0.2, 0.25) is 5.02 Å². The highest BCUT2D eigenvalue weighted by molar-refractivity contribution is 6.32. The predicted octanol–water partition coefficient (Wildman–Crippen LogP) is 4.37. The number of anilines is 1. The number of ether oxygens (including phenoxy) is 2. The monoisotopic (exact) mass is 355 g/mol. The zero-order valence-corrected chi connectivity index (χ0v) is 13.4. The number of hydrogen-bond donors (Lipinski definition) is 2. The Hall–Kier alpha value is -2.05. The molecule has 0 saturated carbocycles. The van der Waals surface area contributed by atoms with Gasteiger partial charge < -0.3 is 19.9 Å². The Morgan fingerprint density at radius 1 is 1.33 bits per heavy atom. The van der Waals surface area contributed by atoms with Crippen LogP contribution in [0.25, 0.3) is 0 Å². The van der Waals surface area contributed by atoms with Gasteiger partial charge in [0.2, 0.25) is 0 Å². The predicted molar refractivity (Wildman–Crippen MR) is 86.9 cm³/mol. The van der Waals surface area contributed by atoms with Gasteiger partial charge in [-0.05, 0) is 23.8 Å². The van der Waals surface area contributed by atoms with Crippen molar-refractivity contribution in [2.75, 3.05) is 11.9 Å². The van der Waals surface area contributed by atoms with Crippen molar-refractivity contribution in [1.29, 1.82) is 0 Å². The Labute approximate surface area is 143 Å². The quantitative estimate of drug-likeness (QED) is 0.836. The van der Waals surface area contributed by atoms with E-state index in [1.807, 2.05) is 18.2 Å². The third-order valence-electron chi connectivity index (χ3n) is 3.74. The minimum absolute atomic E-state index is 0.0565. The number of nitrogens with one attached hydrogen (secondary N) is 1. The highest BCUT2D eigenvalue weighted by atomic mass is 35.5. The van der Waals surface area contributed by atoms with Crippen LogP contribution in [0.3, 0.4) is 0 Å². The van der Waals surface area contributed by atoms with Crippen molar-refractivity contribution >= 4 is 17.3 Å². The van der Waals surface area contributed by atoms with Gasteiger partial charge in [0.25, 0.3) is 0 Å². The molecule has 7 heteroatoms. The van der Waals surface area contributed by atoms with Crippen LogP contribution in [0.15, 0.2) is 36.4 Å². The van der Waals surface area contributed by atoms with Crippen LogP contribution in [0.5, 0.6) is 11.5 Å². The maximum atomic E-state index is 12.2. The molecule has 0 radical (unpaired) electrons. The average molecular weight is 356 g/mol. The number of benzene rings is 2. The summed E-state index contributed by atoms with van der Waals surface area (Å²) in [6.45, 7) is -2.03. The van der Waals surface area contributed by atoms with Crippen LogP contribution in [-0.4, -0.2) is 18.3 Å². The van der Waals surface area contributed by atoms with E-state index >= 15 is 0 Å². The summed E-state index contributed by atoms with van der Waals surface area (Å²) in [5, 5.41) is 13.3. The van der Waals surface area contributed by atoms with E-state index in [0.29, 0.717) is 25.3 Å². The largest absolute Gasteiger partial charge is 0.491 e. The molecule has 2 aromatic rings. The van der Waals surface area contributed by atoms with Gasteiger partial charge in [-0.2, -0.15) is 8.78 Å². The van der Waals surface area contributed by atoms with Crippen molar-refractivity contribution < 1.29 is 23.4 Å². The zero-order chi connectivity index (χ0) is 17.1. The SMILES string of the molecule is OC1CCOc2c(NCc3ccc(OC(F)F)c(Cl)c3)cccc21. The number of rotatable bonds is 5. The molecule has 1 atom stereocenters. The second-order valence-corrected chi connectivity index (χ2v) is 5.78. The minimum Gasteiger partial charge on any atom is -0.491 e. The smallest absolute Gasteiger partial charge is 0.387 e. The molecular weight excluding hydrogens is 340 g/mol. The Balaban J connectivity index is 1.72. The number of aliphatic hydroxyl groups is 1. The first-order valence-electron chi connectivity index (χ1n) is 7.45. The van der Waals surface area contributed by atoms with Gasteiger partial charge in [-0.3, -0.25) is 0 Å². The molecule has 0 aliphatic carbocycles. The molecule has 0 saturated heterocycles. The number of aliphatic hydroxyl groups excluding tert-OH is 1. The molecule has 4 nitrogen and oxygen atoms in total. The molecule has 0 spiro atoms. The Bertz CT molecular complexity index is 727. The van der Waals surface area contributed by atoms with Gasteiger partial charge in [-0.25, -0.2) is 0 Å². The first-order chi connectivity index (χ1) is 11.5. The minimum atomic E-state index is -2.91. The summed E-state index contributed by atoms with van der Waals surface area (Å²) in [7, 11) is 0. The maximum Gasteiger partial charge on any atom is 0.387 e. The van der Waals surface area contributed by atoms with Gasteiger partial charge in [0.1, 0.15) is 11.5 Å². The van der Waals surface area contributed by atoms with Crippen molar-refractivity contribution in [3.63, 3.8) is 0 Å². The van der Waals surface area contributed by atoms with E-state index in [4.69, 9.17) is 16.3 Å². The molecule has 3 rings (SSSR count). The average Bonchev–Trinajstić information content (AvgIpc) is 2.55. The standard InChI is InChI=1S/C17H16ClF2NO3/c18-12-8-10(4-5-15(12)24-17(19)20)9-21-13-3-1-2-11-14(22)6-7-23-16(11)13/h1-5,8,14,17,21-22H,6-7,9H2. The number of hydrogen-bond acceptors (Lipinski definition) is 4. The van der Waals surface area contributed by atoms with Crippen LogP contribution in [0.1, 0.15) is 23.7 Å². The van der Waals surface area contributed by atoms with Crippen molar-refractivity contribution in [3.8, 4) is 11.5 Å². The molecule has 1 unspecified atom stereocenters. The van der Waals surface area contributed by atoms with Crippen molar-refractivity contribution in [3.05, 3.63) is 52.5 Å². The number of alkyl halides is 2. The van der Waals surface area contributed by atoms with E-state index in [-0.39, 0.29) is 10.8 Å². The highest BCUT2D eigenvalue weighted by Gasteiger charge is 2.21. The second kappa shape index (κ2) is 7.23. The third kappa shape index (κ3) is 3.71. The molecule has 2 aromatic carbocycles. The second-order valence-electron chi connectivity index (χ2n) is 5.37. The van der Waals surface area contributed by atoms with E-state index in [9.17, 15) is 13.9 Å². The highest BCUT2D eigenvalue weighted by Crippen LogP contribution is 2.38. The molecule has 1 aliphatic heterocycles. The van der Waals surface area contributed by atoms with Crippen LogP contribution in [0.4, 0.5) is 14.5 Å². The van der Waals surface area contributed by atoms with E-state index in [0.717, 1.165) is 16.8 Å². The van der Waals surface area contributed by atoms with E-state index < -0.39 is 12.7 Å². The number of fused-ring (bicyclic) bond motifs is 1. The summed E-state index contributed by atoms with van der Waals surface area (Å²) in [6.07, 6.45) is 0.0354. The third-order valence-corrected chi connectivity index (χ3v) is 4.03. The lowest BCUT2D eigenvalue weighted by atomic mass is 10.0. The normalized spacial score (nSPS) is 16.5. The number of halogens is 3. The van der Waals surface area contributed by atoms with E-state index in [2.05, 4.69) is 10.1 Å². The van der Waals surface area contributed by atoms with Gasteiger partial charge in [0, 0.05) is 18.5 Å². The molecule has 0 bridgehead atoms. The topological polar surface area (TPSA) is 50.7 Å². The Morgan fingerprint density at radius 2 is 2.17 bits per heavy atom. The van der Waals surface area contributed by atoms with E-state index in [1.165, 1.54) is 6.07 Å². The van der Waals surface area contributed by atoms with Gasteiger partial charge in [0.15, 0.2) is 0 Å². The molecular formula is C17H16ClF2NO3. The summed E-state index contributed by atoms with van der Waals surface area (Å²) >= 11 is 5.95. The zero-order valence-electron chi connectivity index (χ0n) is 12.6. The van der Waals surface area contributed by atoms with Gasteiger partial charge in [-0.1, -0.05) is 29.8 Å². The lowest BCUT2D eigenvalue weighted by Crippen LogP contribution is -2.15. The fourth-order valence-corrected chi connectivity index (χ4v) is 2.84. The summed E-state index contributed by atoms with van der Waals surface area (Å²) in [5.41, 5.74) is 2.32. The molecule has 0 aromatic heterocycles. The molecule has 0 amide bonds. The molecule has 1 heterocycles. The fraction of sp³-hybridized carbons (Fsp3) is 0.294. The molecule has 24 heavy (non-hydrogen) atoms. The van der Waals surface area contributed by atoms with Gasteiger partial charge >= 0.3 is 6.61 Å². The first-order valence-corrected chi connectivity index (χ1v) is 7.83. The van der Waals surface area contributed by atoms with Gasteiger partial charge in [0.05, 0.1) is 23.4 Å². The van der Waals surface area contributed by atoms with Crippen LogP contribution < -0.4 is 14.8 Å². The van der Waals surface area contributed by atoms with Crippen LogP contribution in [0, 0.1) is 0 Å². The van der Waals surface area contributed by atoms with Crippen molar-refractivity contribution in [1.82, 2.24) is 0 Å². The summed E-state index contributed by atoms with van der Waals surface area (Å²) in [6, 6.07) is 10.2. The van der Waals surface area contributed by atoms with Crippen LogP contribution >= 0.6 is 11.6 Å². The maximum absolute atomic E-state index is 12.2. The summed E-state index contributed by atoms with van der Waals surface area (Å²) < 4.78 is 34.4. The molecule has 2 N–H and O–H groups in total. The van der Waals surface area contributed by atoms with Crippen LogP contribution in [-0.2, 0) is 6.54 Å². The molecule has 1 aliphatic rings. The molecule has 128 valence electrons. The Kier molecular flexibility index (Phi) is 5.06. The Morgan fingerprint density at radius 3 is 2.92 bits per heavy atom. The summed E-state index contributed by atoms with van der Waals surface area (Å²) in [4.78, 5) is 0. The van der Waals surface area contributed by atoms with Crippen molar-refractivity contribution in [2.45, 2.75) is 25.7 Å². The number of para-hydroxylation sites is 1. The fourth-order valence-electron chi connectivity index (χ4n) is 2.59. The van der Waals surface area contributed by atoms with E-state index in [1.54, 1.807) is 12.1 Å². The lowest BCUT2D eigenvalue weighted by Gasteiger charge is -2.24. The molecule has 0 fully saturated rings. The van der Waals surface area contributed by atoms with Gasteiger partial charge in [-0.15, -0.1) is 0 Å². The van der Waals surface area contributed by atoms with Crippen molar-refractivity contribution in [2.24, 2.45) is 0 Å². The summed E-state index contributed by atoms with van der Waals surface area (Å²) in [5.74, 6) is 0.582. The first kappa shape index (κ1) is 16.8. The lowest BCUT2D eigenvalue weighted by molar-refractivity contribution is -0.0497.